The number of oxime groups is 1. The lowest BCUT2D eigenvalue weighted by Crippen LogP contribution is -2.13. The van der Waals surface area contributed by atoms with E-state index >= 15 is 0 Å². The summed E-state index contributed by atoms with van der Waals surface area (Å²) in [4.78, 5) is 17.0. The Morgan fingerprint density at radius 2 is 1.62 bits per heavy atom. The Hall–Kier alpha value is -3.31. The van der Waals surface area contributed by atoms with E-state index in [4.69, 9.17) is 16.4 Å². The van der Waals surface area contributed by atoms with E-state index in [2.05, 4.69) is 10.5 Å². The van der Waals surface area contributed by atoms with Gasteiger partial charge in [-0.15, -0.1) is 0 Å². The van der Waals surface area contributed by atoms with Crippen LogP contribution in [0.15, 0.2) is 84.0 Å². The highest BCUT2D eigenvalue weighted by Crippen LogP contribution is 2.25. The minimum Gasteiger partial charge on any atom is -0.507 e. The molecule has 130 valence electrons. The molecule has 5 nitrogen and oxygen atoms in total. The van der Waals surface area contributed by atoms with Gasteiger partial charge in [0, 0.05) is 21.8 Å². The summed E-state index contributed by atoms with van der Waals surface area (Å²) >= 11 is 6.03. The number of anilines is 1. The molecular formula is C20H15ClN2O3. The first kappa shape index (κ1) is 17.5. The van der Waals surface area contributed by atoms with E-state index in [1.807, 2.05) is 24.3 Å². The molecular weight excluding hydrogens is 352 g/mol. The van der Waals surface area contributed by atoms with E-state index in [-0.39, 0.29) is 11.5 Å². The average molecular weight is 367 g/mol. The zero-order chi connectivity index (χ0) is 18.4. The van der Waals surface area contributed by atoms with Crippen molar-refractivity contribution in [2.24, 2.45) is 5.16 Å². The maximum Gasteiger partial charge on any atom is 0.437 e. The second kappa shape index (κ2) is 8.18. The lowest BCUT2D eigenvalue weighted by atomic mass is 10.0. The van der Waals surface area contributed by atoms with Crippen molar-refractivity contribution in [1.82, 2.24) is 0 Å². The Labute approximate surface area is 155 Å². The summed E-state index contributed by atoms with van der Waals surface area (Å²) in [5, 5.41) is 17.1. The molecule has 0 atom stereocenters. The fourth-order valence-corrected chi connectivity index (χ4v) is 2.47. The molecule has 0 saturated heterocycles. The molecule has 2 N–H and O–H groups in total. The van der Waals surface area contributed by atoms with E-state index in [0.29, 0.717) is 21.8 Å². The van der Waals surface area contributed by atoms with Gasteiger partial charge < -0.3 is 5.11 Å². The molecule has 0 aliphatic heterocycles. The Morgan fingerprint density at radius 1 is 0.962 bits per heavy atom. The van der Waals surface area contributed by atoms with Gasteiger partial charge in [0.1, 0.15) is 11.5 Å². The molecule has 0 heterocycles. The summed E-state index contributed by atoms with van der Waals surface area (Å²) in [6.45, 7) is 0. The van der Waals surface area contributed by atoms with Crippen LogP contribution in [0, 0.1) is 0 Å². The number of para-hydroxylation sites is 1. The Balaban J connectivity index is 1.89. The third-order valence-electron chi connectivity index (χ3n) is 3.50. The minimum absolute atomic E-state index is 0.0240. The SMILES string of the molecule is O=C(Nc1ccccc1)ON=C(c1ccccc1)c1cc(Cl)ccc1O. The topological polar surface area (TPSA) is 70.9 Å². The fourth-order valence-electron chi connectivity index (χ4n) is 2.30. The Kier molecular flexibility index (Phi) is 5.51. The van der Waals surface area contributed by atoms with E-state index in [9.17, 15) is 9.90 Å². The molecule has 1 amide bonds. The van der Waals surface area contributed by atoms with Crippen LogP contribution in [0.1, 0.15) is 11.1 Å². The molecule has 0 bridgehead atoms. The smallest absolute Gasteiger partial charge is 0.437 e. The molecule has 3 aromatic rings. The van der Waals surface area contributed by atoms with Gasteiger partial charge >= 0.3 is 6.09 Å². The molecule has 26 heavy (non-hydrogen) atoms. The van der Waals surface area contributed by atoms with Crippen LogP contribution in [0.4, 0.5) is 10.5 Å². The van der Waals surface area contributed by atoms with Gasteiger partial charge in [-0.05, 0) is 30.3 Å². The van der Waals surface area contributed by atoms with E-state index in [1.165, 1.54) is 6.07 Å². The van der Waals surface area contributed by atoms with Gasteiger partial charge in [0.2, 0.25) is 0 Å². The number of benzene rings is 3. The Morgan fingerprint density at radius 3 is 2.31 bits per heavy atom. The largest absolute Gasteiger partial charge is 0.507 e. The number of amides is 1. The minimum atomic E-state index is -0.744. The van der Waals surface area contributed by atoms with Crippen LogP contribution in [0.5, 0.6) is 5.75 Å². The molecule has 6 heteroatoms. The van der Waals surface area contributed by atoms with Crippen molar-refractivity contribution in [3.8, 4) is 5.75 Å². The van der Waals surface area contributed by atoms with Gasteiger partial charge in [-0.3, -0.25) is 10.2 Å². The zero-order valence-corrected chi connectivity index (χ0v) is 14.4. The number of aromatic hydroxyl groups is 1. The van der Waals surface area contributed by atoms with Gasteiger partial charge in [0.15, 0.2) is 0 Å². The van der Waals surface area contributed by atoms with E-state index in [1.54, 1.807) is 48.5 Å². The van der Waals surface area contributed by atoms with Crippen molar-refractivity contribution in [3.05, 3.63) is 95.0 Å². The number of carbonyl (C=O) groups is 1. The molecule has 0 fully saturated rings. The first-order valence-corrected chi connectivity index (χ1v) is 8.16. The highest BCUT2D eigenvalue weighted by molar-refractivity contribution is 6.31. The number of rotatable bonds is 4. The summed E-state index contributed by atoms with van der Waals surface area (Å²) in [5.41, 5.74) is 1.89. The first-order chi connectivity index (χ1) is 12.6. The number of nitrogens with one attached hydrogen (secondary N) is 1. The van der Waals surface area contributed by atoms with Crippen molar-refractivity contribution in [3.63, 3.8) is 0 Å². The van der Waals surface area contributed by atoms with Crippen molar-refractivity contribution >= 4 is 29.1 Å². The summed E-state index contributed by atoms with van der Waals surface area (Å²) in [6.07, 6.45) is -0.744. The van der Waals surface area contributed by atoms with Crippen LogP contribution in [-0.4, -0.2) is 16.9 Å². The zero-order valence-electron chi connectivity index (χ0n) is 13.6. The van der Waals surface area contributed by atoms with Crippen LogP contribution >= 0.6 is 11.6 Å². The monoisotopic (exact) mass is 366 g/mol. The predicted molar refractivity (Wildman–Crippen MR) is 102 cm³/mol. The van der Waals surface area contributed by atoms with Crippen LogP contribution < -0.4 is 5.32 Å². The van der Waals surface area contributed by atoms with Crippen LogP contribution in [-0.2, 0) is 4.84 Å². The highest BCUT2D eigenvalue weighted by Gasteiger charge is 2.14. The maximum atomic E-state index is 12.0. The molecule has 0 aliphatic rings. The molecule has 3 aromatic carbocycles. The molecule has 0 spiro atoms. The summed E-state index contributed by atoms with van der Waals surface area (Å²) in [5.74, 6) is -0.0240. The van der Waals surface area contributed by atoms with Gasteiger partial charge in [-0.1, -0.05) is 65.3 Å². The lowest BCUT2D eigenvalue weighted by molar-refractivity contribution is 0.166. The summed E-state index contributed by atoms with van der Waals surface area (Å²) in [7, 11) is 0. The highest BCUT2D eigenvalue weighted by atomic mass is 35.5. The Bertz CT molecular complexity index is 928. The summed E-state index contributed by atoms with van der Waals surface area (Å²) < 4.78 is 0. The molecule has 0 radical (unpaired) electrons. The second-order valence-electron chi connectivity index (χ2n) is 5.34. The first-order valence-electron chi connectivity index (χ1n) is 7.79. The number of carbonyl (C=O) groups excluding carboxylic acids is 1. The van der Waals surface area contributed by atoms with Crippen molar-refractivity contribution in [2.75, 3.05) is 5.32 Å². The van der Waals surface area contributed by atoms with Gasteiger partial charge in [0.05, 0.1) is 0 Å². The quantitative estimate of drug-likeness (QED) is 0.385. The molecule has 3 rings (SSSR count). The van der Waals surface area contributed by atoms with Crippen molar-refractivity contribution in [1.29, 1.82) is 0 Å². The molecule has 0 unspecified atom stereocenters. The van der Waals surface area contributed by atoms with Crippen molar-refractivity contribution in [2.45, 2.75) is 0 Å². The second-order valence-corrected chi connectivity index (χ2v) is 5.77. The van der Waals surface area contributed by atoms with Gasteiger partial charge in [0.25, 0.3) is 0 Å². The number of phenols is 1. The maximum absolute atomic E-state index is 12.0. The molecule has 0 aromatic heterocycles. The third-order valence-corrected chi connectivity index (χ3v) is 3.74. The summed E-state index contributed by atoms with van der Waals surface area (Å²) in [6, 6.07) is 22.5. The molecule has 0 aliphatic carbocycles. The standard InChI is InChI=1S/C20H15ClN2O3/c21-15-11-12-18(24)17(13-15)19(14-7-3-1-4-8-14)23-26-20(25)22-16-9-5-2-6-10-16/h1-13,24H,(H,22,25). The number of nitrogens with zero attached hydrogens (tertiary/aromatic N) is 1. The third kappa shape index (κ3) is 4.40. The van der Waals surface area contributed by atoms with Crippen molar-refractivity contribution < 1.29 is 14.7 Å². The normalized spacial score (nSPS) is 11.0. The number of hydrogen-bond donors (Lipinski definition) is 2. The predicted octanol–water partition coefficient (Wildman–Crippen LogP) is 5.05. The van der Waals surface area contributed by atoms with Crippen LogP contribution in [0.2, 0.25) is 5.02 Å². The number of hydrogen-bond acceptors (Lipinski definition) is 4. The number of halogens is 1. The van der Waals surface area contributed by atoms with Gasteiger partial charge in [-0.2, -0.15) is 0 Å². The molecule has 0 saturated carbocycles. The van der Waals surface area contributed by atoms with Gasteiger partial charge in [-0.25, -0.2) is 4.79 Å². The number of phenolic OH excluding ortho intramolecular Hbond substituents is 1. The average Bonchev–Trinajstić information content (AvgIpc) is 2.66. The van der Waals surface area contributed by atoms with E-state index < -0.39 is 6.09 Å². The van der Waals surface area contributed by atoms with Crippen LogP contribution in [0.3, 0.4) is 0 Å². The van der Waals surface area contributed by atoms with Crippen LogP contribution in [0.25, 0.3) is 0 Å². The van der Waals surface area contributed by atoms with E-state index in [0.717, 1.165) is 0 Å². The lowest BCUT2D eigenvalue weighted by Gasteiger charge is -2.09. The fraction of sp³-hybridized carbons (Fsp3) is 0.